The van der Waals surface area contributed by atoms with Crippen molar-refractivity contribution in [2.45, 2.75) is 105 Å². The van der Waals surface area contributed by atoms with Crippen molar-refractivity contribution in [3.05, 3.63) is 59.7 Å². The molecule has 46 heavy (non-hydrogen) atoms. The Balaban J connectivity index is 2.34. The molecule has 0 amide bonds. The van der Waals surface area contributed by atoms with Gasteiger partial charge in [0.05, 0.1) is 11.5 Å². The summed E-state index contributed by atoms with van der Waals surface area (Å²) in [5.41, 5.74) is -2.00. The number of carbonyl (C=O) groups excluding carboxylic acids is 5. The fraction of sp³-hybridized carbons (Fsp3) is 0.571. The van der Waals surface area contributed by atoms with Crippen LogP contribution in [-0.4, -0.2) is 71.1 Å². The minimum atomic E-state index is -1.54. The lowest BCUT2D eigenvalue weighted by atomic mass is 9.74. The molecule has 9 atom stereocenters. The van der Waals surface area contributed by atoms with Gasteiger partial charge in [-0.3, -0.25) is 19.2 Å². The zero-order valence-electron chi connectivity index (χ0n) is 28.0. The number of aliphatic hydroxyl groups excluding tert-OH is 1. The number of hydrogen-bond acceptors (Lipinski definition) is 11. The van der Waals surface area contributed by atoms with Crippen LogP contribution in [0.25, 0.3) is 0 Å². The Hall–Kier alpha value is -3.99. The summed E-state index contributed by atoms with van der Waals surface area (Å²) >= 11 is 0. The van der Waals surface area contributed by atoms with E-state index in [2.05, 4.69) is 0 Å². The van der Waals surface area contributed by atoms with E-state index in [0.717, 1.165) is 0 Å². The summed E-state index contributed by atoms with van der Waals surface area (Å²) in [5, 5.41) is 11.8. The van der Waals surface area contributed by atoms with Gasteiger partial charge in [0.1, 0.15) is 24.4 Å². The Morgan fingerprint density at radius 3 is 1.89 bits per heavy atom. The highest BCUT2D eigenvalue weighted by Crippen LogP contribution is 2.51. The summed E-state index contributed by atoms with van der Waals surface area (Å²) in [7, 11) is 0. The Labute approximate surface area is 270 Å². The molecule has 0 saturated heterocycles. The maximum atomic E-state index is 13.4. The van der Waals surface area contributed by atoms with Gasteiger partial charge in [0, 0.05) is 39.0 Å². The summed E-state index contributed by atoms with van der Waals surface area (Å²) < 4.78 is 29.5. The first-order valence-corrected chi connectivity index (χ1v) is 15.4. The van der Waals surface area contributed by atoms with Crippen LogP contribution in [-0.2, 0) is 42.9 Å². The lowest BCUT2D eigenvalue weighted by Gasteiger charge is -2.44. The summed E-state index contributed by atoms with van der Waals surface area (Å²) in [6.07, 6.45) is -0.733. The van der Waals surface area contributed by atoms with Crippen LogP contribution in [0.5, 0.6) is 0 Å². The second-order valence-electron chi connectivity index (χ2n) is 13.0. The van der Waals surface area contributed by atoms with E-state index in [0.29, 0.717) is 5.56 Å². The summed E-state index contributed by atoms with van der Waals surface area (Å²) in [6.45, 7) is 13.6. The van der Waals surface area contributed by atoms with Gasteiger partial charge >= 0.3 is 29.8 Å². The van der Waals surface area contributed by atoms with Crippen molar-refractivity contribution in [3.8, 4) is 0 Å². The second kappa shape index (κ2) is 14.6. The lowest BCUT2D eigenvalue weighted by molar-refractivity contribution is -0.195. The number of carbonyl (C=O) groups is 5. The van der Waals surface area contributed by atoms with E-state index in [1.165, 1.54) is 27.7 Å². The second-order valence-corrected chi connectivity index (χ2v) is 13.0. The SMILES string of the molecule is CC(=O)OC1C(O)/C(C)=C\C2C(OC(=O)c3ccccc3)C(C)CC2(OC(C)=O)C(OC(C)=O)C(C)/C=C/C(C)(C)C1OC(C)=O. The van der Waals surface area contributed by atoms with Gasteiger partial charge in [-0.1, -0.05) is 64.1 Å². The largest absolute Gasteiger partial charge is 0.458 e. The Bertz CT molecular complexity index is 1360. The predicted octanol–water partition coefficient (Wildman–Crippen LogP) is 4.50. The Morgan fingerprint density at radius 1 is 0.783 bits per heavy atom. The van der Waals surface area contributed by atoms with Gasteiger partial charge in [-0.05, 0) is 37.0 Å². The zero-order chi connectivity index (χ0) is 34.6. The summed E-state index contributed by atoms with van der Waals surface area (Å²) in [6, 6.07) is 8.40. The first-order chi connectivity index (χ1) is 21.4. The van der Waals surface area contributed by atoms with Crippen molar-refractivity contribution >= 4 is 29.8 Å². The summed E-state index contributed by atoms with van der Waals surface area (Å²) in [4.78, 5) is 63.4. The standard InChI is InChI=1S/C35H46O11/c1-19-15-16-34(8,9)32(44-24(6)38)30(42-22(4)36)28(40)20(2)17-27-29(45-33(41)26-13-11-10-12-14-26)21(3)18-35(27,46-25(7)39)31(19)43-23(5)37/h10-17,19,21,27-32,40H,18H2,1-9H3/b16-15+,20-17-. The molecule has 1 aromatic rings. The van der Waals surface area contributed by atoms with Crippen LogP contribution in [0.15, 0.2) is 54.1 Å². The molecule has 0 aliphatic heterocycles. The van der Waals surface area contributed by atoms with E-state index < -0.39 is 89.1 Å². The molecule has 1 fully saturated rings. The highest BCUT2D eigenvalue weighted by atomic mass is 16.6. The van der Waals surface area contributed by atoms with E-state index in [1.807, 2.05) is 6.92 Å². The van der Waals surface area contributed by atoms with Gasteiger partial charge < -0.3 is 28.8 Å². The average molecular weight is 643 g/mol. The smallest absolute Gasteiger partial charge is 0.338 e. The molecule has 0 aromatic heterocycles. The number of rotatable bonds is 6. The maximum Gasteiger partial charge on any atom is 0.338 e. The van der Waals surface area contributed by atoms with Gasteiger partial charge in [-0.15, -0.1) is 0 Å². The first-order valence-electron chi connectivity index (χ1n) is 15.4. The van der Waals surface area contributed by atoms with E-state index in [4.69, 9.17) is 23.7 Å². The highest BCUT2D eigenvalue weighted by molar-refractivity contribution is 5.89. The number of esters is 5. The normalized spacial score (nSPS) is 34.2. The number of benzene rings is 1. The molecule has 0 radical (unpaired) electrons. The van der Waals surface area contributed by atoms with E-state index >= 15 is 0 Å². The number of ether oxygens (including phenoxy) is 5. The molecule has 2 aliphatic carbocycles. The number of fused-ring (bicyclic) bond motifs is 1. The Kier molecular flexibility index (Phi) is 11.6. The molecule has 3 rings (SSSR count). The van der Waals surface area contributed by atoms with Crippen LogP contribution < -0.4 is 0 Å². The molecule has 0 heterocycles. The Morgan fingerprint density at radius 2 is 1.35 bits per heavy atom. The lowest BCUT2D eigenvalue weighted by Crippen LogP contribution is -2.55. The molecule has 252 valence electrons. The van der Waals surface area contributed by atoms with Crippen LogP contribution in [0, 0.1) is 23.2 Å². The number of aliphatic hydroxyl groups is 1. The third kappa shape index (κ3) is 8.23. The van der Waals surface area contributed by atoms with Gasteiger partial charge in [0.15, 0.2) is 11.7 Å². The molecule has 11 nitrogen and oxygen atoms in total. The molecular formula is C35H46O11. The van der Waals surface area contributed by atoms with Gasteiger partial charge in [-0.25, -0.2) is 4.79 Å². The maximum absolute atomic E-state index is 13.4. The van der Waals surface area contributed by atoms with Gasteiger partial charge in [0.25, 0.3) is 0 Å². The number of hydrogen-bond donors (Lipinski definition) is 1. The van der Waals surface area contributed by atoms with Crippen LogP contribution in [0.2, 0.25) is 0 Å². The summed E-state index contributed by atoms with van der Waals surface area (Å²) in [5.74, 6) is -5.17. The molecular weight excluding hydrogens is 596 g/mol. The van der Waals surface area contributed by atoms with Crippen LogP contribution in [0.3, 0.4) is 0 Å². The fourth-order valence-corrected chi connectivity index (χ4v) is 6.69. The third-order valence-corrected chi connectivity index (χ3v) is 8.63. The van der Waals surface area contributed by atoms with E-state index in [-0.39, 0.29) is 12.0 Å². The van der Waals surface area contributed by atoms with Crippen molar-refractivity contribution in [1.82, 2.24) is 0 Å². The van der Waals surface area contributed by atoms with Crippen molar-refractivity contribution in [3.63, 3.8) is 0 Å². The molecule has 9 unspecified atom stereocenters. The quantitative estimate of drug-likeness (QED) is 0.265. The third-order valence-electron chi connectivity index (χ3n) is 8.63. The first kappa shape index (κ1) is 36.5. The average Bonchev–Trinajstić information content (AvgIpc) is 3.20. The predicted molar refractivity (Wildman–Crippen MR) is 166 cm³/mol. The highest BCUT2D eigenvalue weighted by Gasteiger charge is 2.62. The van der Waals surface area contributed by atoms with Crippen molar-refractivity contribution in [1.29, 1.82) is 0 Å². The van der Waals surface area contributed by atoms with Gasteiger partial charge in [-0.2, -0.15) is 0 Å². The molecule has 0 bridgehead atoms. The molecule has 0 spiro atoms. The van der Waals surface area contributed by atoms with Gasteiger partial charge in [0.2, 0.25) is 0 Å². The van der Waals surface area contributed by atoms with E-state index in [9.17, 15) is 29.1 Å². The minimum absolute atomic E-state index is 0.146. The van der Waals surface area contributed by atoms with Crippen molar-refractivity contribution < 1.29 is 52.8 Å². The monoisotopic (exact) mass is 642 g/mol. The fourth-order valence-electron chi connectivity index (χ4n) is 6.69. The van der Waals surface area contributed by atoms with Crippen molar-refractivity contribution in [2.75, 3.05) is 0 Å². The van der Waals surface area contributed by atoms with Crippen LogP contribution in [0.1, 0.15) is 79.1 Å². The molecule has 2 aliphatic rings. The molecule has 11 heteroatoms. The van der Waals surface area contributed by atoms with Crippen LogP contribution >= 0.6 is 0 Å². The molecule has 1 saturated carbocycles. The van der Waals surface area contributed by atoms with E-state index in [1.54, 1.807) is 76.3 Å². The van der Waals surface area contributed by atoms with Crippen molar-refractivity contribution in [2.24, 2.45) is 23.2 Å². The minimum Gasteiger partial charge on any atom is -0.458 e. The van der Waals surface area contributed by atoms with Crippen LogP contribution in [0.4, 0.5) is 0 Å². The molecule has 1 N–H and O–H groups in total. The topological polar surface area (TPSA) is 152 Å². The molecule has 1 aromatic carbocycles. The zero-order valence-corrected chi connectivity index (χ0v) is 28.0.